The Morgan fingerprint density at radius 1 is 1.00 bits per heavy atom. The third-order valence-electron chi connectivity index (χ3n) is 3.59. The Labute approximate surface area is 163 Å². The fourth-order valence-corrected chi connectivity index (χ4v) is 2.24. The second-order valence-corrected chi connectivity index (χ2v) is 8.09. The number of hydrogen-bond donors (Lipinski definition) is 2. The van der Waals surface area contributed by atoms with E-state index < -0.39 is 0 Å². The molecule has 1 rings (SSSR count). The molecule has 0 spiro atoms. The number of benzene rings is 1. The van der Waals surface area contributed by atoms with Gasteiger partial charge in [0.15, 0.2) is 0 Å². The van der Waals surface area contributed by atoms with E-state index in [2.05, 4.69) is 10.6 Å². The number of carbonyl (C=O) groups is 2. The fourth-order valence-electron chi connectivity index (χ4n) is 2.24. The van der Waals surface area contributed by atoms with Crippen molar-refractivity contribution >= 4 is 11.8 Å². The number of carbonyl (C=O) groups excluding carboxylic acids is 2. The second kappa shape index (κ2) is 11.7. The van der Waals surface area contributed by atoms with Crippen LogP contribution in [0.3, 0.4) is 0 Å². The smallest absolute Gasteiger partial charge is 0.246 e. The maximum absolute atomic E-state index is 11.8. The Morgan fingerprint density at radius 3 is 2.22 bits per heavy atom. The maximum Gasteiger partial charge on any atom is 0.246 e. The highest BCUT2D eigenvalue weighted by Gasteiger charge is 2.15. The molecule has 0 saturated carbocycles. The van der Waals surface area contributed by atoms with Gasteiger partial charge in [0, 0.05) is 19.5 Å². The van der Waals surface area contributed by atoms with Gasteiger partial charge < -0.3 is 20.1 Å². The Morgan fingerprint density at radius 2 is 1.63 bits per heavy atom. The zero-order valence-corrected chi connectivity index (χ0v) is 17.3. The molecule has 0 fully saturated rings. The number of nitrogens with one attached hydrogen (secondary N) is 2. The summed E-state index contributed by atoms with van der Waals surface area (Å²) in [4.78, 5) is 23.5. The number of amides is 2. The Bertz CT molecular complexity index is 577. The zero-order valence-electron chi connectivity index (χ0n) is 17.3. The van der Waals surface area contributed by atoms with Gasteiger partial charge in [-0.15, -0.1) is 0 Å². The highest BCUT2D eigenvalue weighted by Crippen LogP contribution is 2.17. The van der Waals surface area contributed by atoms with Crippen molar-refractivity contribution in [3.8, 4) is 0 Å². The monoisotopic (exact) mass is 378 g/mol. The van der Waals surface area contributed by atoms with Crippen LogP contribution in [0.4, 0.5) is 0 Å². The lowest BCUT2D eigenvalue weighted by molar-refractivity contribution is -0.125. The van der Waals surface area contributed by atoms with Crippen LogP contribution in [0.25, 0.3) is 0 Å². The van der Waals surface area contributed by atoms with Crippen LogP contribution in [0.2, 0.25) is 0 Å². The van der Waals surface area contributed by atoms with E-state index in [4.69, 9.17) is 9.47 Å². The normalized spacial score (nSPS) is 11.5. The molecule has 2 amide bonds. The van der Waals surface area contributed by atoms with E-state index in [1.807, 2.05) is 58.9 Å². The molecule has 152 valence electrons. The first-order valence-electron chi connectivity index (χ1n) is 9.46. The van der Waals surface area contributed by atoms with Gasteiger partial charge in [0.1, 0.15) is 6.61 Å². The van der Waals surface area contributed by atoms with E-state index in [1.165, 1.54) is 0 Å². The molecule has 1 aromatic carbocycles. The van der Waals surface area contributed by atoms with Gasteiger partial charge in [0.05, 0.1) is 19.3 Å². The molecule has 6 heteroatoms. The van der Waals surface area contributed by atoms with Crippen molar-refractivity contribution in [1.82, 2.24) is 10.6 Å². The summed E-state index contributed by atoms with van der Waals surface area (Å²) < 4.78 is 10.9. The summed E-state index contributed by atoms with van der Waals surface area (Å²) >= 11 is 0. The summed E-state index contributed by atoms with van der Waals surface area (Å²) in [6.45, 7) is 11.8. The third-order valence-corrected chi connectivity index (χ3v) is 3.59. The summed E-state index contributed by atoms with van der Waals surface area (Å²) in [6, 6.07) is 7.96. The molecule has 0 atom stereocenters. The third kappa shape index (κ3) is 12.2. The molecule has 0 aromatic heterocycles. The van der Waals surface area contributed by atoms with Crippen molar-refractivity contribution in [2.75, 3.05) is 19.8 Å². The van der Waals surface area contributed by atoms with Crippen molar-refractivity contribution in [2.24, 2.45) is 5.41 Å². The van der Waals surface area contributed by atoms with Crippen LogP contribution in [-0.2, 0) is 32.2 Å². The van der Waals surface area contributed by atoms with Gasteiger partial charge in [0.25, 0.3) is 0 Å². The molecular weight excluding hydrogens is 344 g/mol. The molecule has 0 saturated heterocycles. The molecule has 0 radical (unpaired) electrons. The Balaban J connectivity index is 2.14. The average molecular weight is 379 g/mol. The van der Waals surface area contributed by atoms with Crippen LogP contribution in [0, 0.1) is 5.41 Å². The van der Waals surface area contributed by atoms with Crippen LogP contribution < -0.4 is 10.6 Å². The van der Waals surface area contributed by atoms with Crippen LogP contribution in [0.5, 0.6) is 0 Å². The quantitative estimate of drug-likeness (QED) is 0.581. The lowest BCUT2D eigenvalue weighted by atomic mass is 9.92. The van der Waals surface area contributed by atoms with Crippen LogP contribution in [0.15, 0.2) is 24.3 Å². The molecule has 0 bridgehead atoms. The fraction of sp³-hybridized carbons (Fsp3) is 0.619. The average Bonchev–Trinajstić information content (AvgIpc) is 2.57. The minimum atomic E-state index is -0.178. The van der Waals surface area contributed by atoms with Crippen molar-refractivity contribution in [3.05, 3.63) is 35.4 Å². The predicted octanol–water partition coefficient (Wildman–Crippen LogP) is 2.80. The topological polar surface area (TPSA) is 76.7 Å². The van der Waals surface area contributed by atoms with Crippen LogP contribution >= 0.6 is 0 Å². The lowest BCUT2D eigenvalue weighted by Gasteiger charge is -2.17. The molecule has 2 N–H and O–H groups in total. The standard InChI is InChI=1S/C21H34N2O4/c1-16(2)27-14-18-8-6-17(7-9-18)13-23-20(25)15-26-11-10-22-19(24)12-21(3,4)5/h6-9,16H,10-15H2,1-5H3,(H,22,24)(H,23,25). The molecule has 0 heterocycles. The first-order valence-corrected chi connectivity index (χ1v) is 9.46. The maximum atomic E-state index is 11.8. The van der Waals surface area contributed by atoms with Gasteiger partial charge in [-0.05, 0) is 30.4 Å². The van der Waals surface area contributed by atoms with E-state index in [0.717, 1.165) is 11.1 Å². The first-order chi connectivity index (χ1) is 12.7. The summed E-state index contributed by atoms with van der Waals surface area (Å²) in [7, 11) is 0. The van der Waals surface area contributed by atoms with E-state index in [9.17, 15) is 9.59 Å². The SMILES string of the molecule is CC(C)OCc1ccc(CNC(=O)COCCNC(=O)CC(C)(C)C)cc1. The molecule has 0 aliphatic heterocycles. The molecular formula is C21H34N2O4. The predicted molar refractivity (Wildman–Crippen MR) is 106 cm³/mol. The van der Waals surface area contributed by atoms with Gasteiger partial charge >= 0.3 is 0 Å². The highest BCUT2D eigenvalue weighted by atomic mass is 16.5. The van der Waals surface area contributed by atoms with Gasteiger partial charge in [0.2, 0.25) is 11.8 Å². The summed E-state index contributed by atoms with van der Waals surface area (Å²) in [5.41, 5.74) is 2.09. The molecule has 0 aliphatic rings. The van der Waals surface area contributed by atoms with E-state index >= 15 is 0 Å². The van der Waals surface area contributed by atoms with Crippen molar-refractivity contribution in [3.63, 3.8) is 0 Å². The molecule has 0 aliphatic carbocycles. The summed E-state index contributed by atoms with van der Waals surface area (Å²) in [5, 5.41) is 5.60. The molecule has 6 nitrogen and oxygen atoms in total. The largest absolute Gasteiger partial charge is 0.374 e. The minimum absolute atomic E-state index is 0.00204. The van der Waals surface area contributed by atoms with E-state index in [0.29, 0.717) is 32.7 Å². The highest BCUT2D eigenvalue weighted by molar-refractivity contribution is 5.77. The number of hydrogen-bond acceptors (Lipinski definition) is 4. The van der Waals surface area contributed by atoms with E-state index in [1.54, 1.807) is 0 Å². The van der Waals surface area contributed by atoms with Crippen LogP contribution in [-0.4, -0.2) is 37.7 Å². The minimum Gasteiger partial charge on any atom is -0.374 e. The second-order valence-electron chi connectivity index (χ2n) is 8.09. The van der Waals surface area contributed by atoms with Gasteiger partial charge in [-0.25, -0.2) is 0 Å². The molecule has 0 unspecified atom stereocenters. The summed E-state index contributed by atoms with van der Waals surface area (Å²) in [5.74, 6) is -0.180. The summed E-state index contributed by atoms with van der Waals surface area (Å²) in [6.07, 6.45) is 0.673. The lowest BCUT2D eigenvalue weighted by Crippen LogP contribution is -2.32. The van der Waals surface area contributed by atoms with Gasteiger partial charge in [-0.1, -0.05) is 45.0 Å². The zero-order chi connectivity index (χ0) is 20.3. The van der Waals surface area contributed by atoms with Gasteiger partial charge in [-0.3, -0.25) is 9.59 Å². The van der Waals surface area contributed by atoms with Gasteiger partial charge in [-0.2, -0.15) is 0 Å². The first kappa shape index (κ1) is 23.1. The van der Waals surface area contributed by atoms with Crippen molar-refractivity contribution < 1.29 is 19.1 Å². The molecule has 27 heavy (non-hydrogen) atoms. The Kier molecular flexibility index (Phi) is 10.0. The van der Waals surface area contributed by atoms with Crippen molar-refractivity contribution in [1.29, 1.82) is 0 Å². The number of ether oxygens (including phenoxy) is 2. The van der Waals surface area contributed by atoms with Crippen molar-refractivity contribution in [2.45, 2.75) is 60.3 Å². The van der Waals surface area contributed by atoms with E-state index in [-0.39, 0.29) is 29.9 Å². The number of rotatable bonds is 11. The Hall–Kier alpha value is -1.92. The van der Waals surface area contributed by atoms with Crippen LogP contribution in [0.1, 0.15) is 52.2 Å². The molecule has 1 aromatic rings.